The second-order valence-electron chi connectivity index (χ2n) is 4.51. The van der Waals surface area contributed by atoms with Crippen LogP contribution in [0.3, 0.4) is 0 Å². The van der Waals surface area contributed by atoms with Crippen molar-refractivity contribution in [2.24, 2.45) is 5.73 Å². The van der Waals surface area contributed by atoms with E-state index in [1.54, 1.807) is 0 Å². The van der Waals surface area contributed by atoms with Gasteiger partial charge in [-0.1, -0.05) is 12.1 Å². The van der Waals surface area contributed by atoms with Crippen LogP contribution < -0.4 is 15.2 Å². The zero-order chi connectivity index (χ0) is 15.1. The molecule has 0 saturated heterocycles. The molecule has 2 aromatic rings. The summed E-state index contributed by atoms with van der Waals surface area (Å²) in [5.41, 5.74) is 6.55. The molecule has 0 heterocycles. The summed E-state index contributed by atoms with van der Waals surface area (Å²) < 4.78 is 36.7. The molecular weight excluding hydrogens is 276 g/mol. The maximum Gasteiger partial charge on any atom is 0.129 e. The molecule has 5 heteroatoms. The van der Waals surface area contributed by atoms with Crippen LogP contribution in [0.25, 0.3) is 0 Å². The van der Waals surface area contributed by atoms with E-state index in [1.807, 2.05) is 24.3 Å². The van der Waals surface area contributed by atoms with Gasteiger partial charge in [0, 0.05) is 31.2 Å². The number of hydrogen-bond donors (Lipinski definition) is 1. The molecule has 0 fully saturated rings. The van der Waals surface area contributed by atoms with Crippen LogP contribution in [-0.4, -0.2) is 13.2 Å². The zero-order valence-corrected chi connectivity index (χ0v) is 11.5. The molecule has 0 amide bonds. The van der Waals surface area contributed by atoms with Gasteiger partial charge in [-0.3, -0.25) is 0 Å². The summed E-state index contributed by atoms with van der Waals surface area (Å²) in [6.07, 6.45) is 0.602. The fourth-order valence-corrected chi connectivity index (χ4v) is 1.81. The fourth-order valence-electron chi connectivity index (χ4n) is 1.81. The van der Waals surface area contributed by atoms with Crippen molar-refractivity contribution in [2.45, 2.75) is 13.0 Å². The predicted octanol–water partition coefficient (Wildman–Crippen LogP) is 3.27. The van der Waals surface area contributed by atoms with E-state index in [0.29, 0.717) is 26.2 Å². The van der Waals surface area contributed by atoms with Gasteiger partial charge < -0.3 is 15.2 Å². The summed E-state index contributed by atoms with van der Waals surface area (Å²) in [6, 6.07) is 10.6. The Kier molecular flexibility index (Phi) is 5.51. The molecule has 2 rings (SSSR count). The van der Waals surface area contributed by atoms with Crippen LogP contribution in [0.1, 0.15) is 12.0 Å². The summed E-state index contributed by atoms with van der Waals surface area (Å²) in [7, 11) is 0. The molecular formula is C16H17F2NO2. The number of hydrogen-bond acceptors (Lipinski definition) is 3. The van der Waals surface area contributed by atoms with E-state index < -0.39 is 11.6 Å². The Morgan fingerprint density at radius 2 is 1.52 bits per heavy atom. The van der Waals surface area contributed by atoms with E-state index in [0.717, 1.165) is 29.5 Å². The Bertz CT molecular complexity index is 570. The average Bonchev–Trinajstić information content (AvgIpc) is 2.46. The molecule has 0 atom stereocenters. The summed E-state index contributed by atoms with van der Waals surface area (Å²) in [4.78, 5) is 0. The topological polar surface area (TPSA) is 44.5 Å². The highest BCUT2D eigenvalue weighted by Crippen LogP contribution is 2.16. The maximum atomic E-state index is 12.9. The third-order valence-electron chi connectivity index (χ3n) is 2.80. The first-order valence-electron chi connectivity index (χ1n) is 6.68. The first kappa shape index (κ1) is 15.3. The summed E-state index contributed by atoms with van der Waals surface area (Å²) >= 11 is 0. The second kappa shape index (κ2) is 7.59. The van der Waals surface area contributed by atoms with Gasteiger partial charge in [0.05, 0.1) is 13.2 Å². The summed E-state index contributed by atoms with van der Waals surface area (Å²) in [5, 5.41) is 0. The molecule has 0 aliphatic heterocycles. The molecule has 0 unspecified atom stereocenters. The van der Waals surface area contributed by atoms with Gasteiger partial charge in [-0.2, -0.15) is 0 Å². The van der Waals surface area contributed by atoms with E-state index >= 15 is 0 Å². The van der Waals surface area contributed by atoms with Gasteiger partial charge in [-0.15, -0.1) is 0 Å². The van der Waals surface area contributed by atoms with E-state index in [-0.39, 0.29) is 5.75 Å². The minimum atomic E-state index is -0.653. The molecule has 112 valence electrons. The Hall–Kier alpha value is -2.14. The standard InChI is InChI=1S/C16H17F2NO2/c17-13-8-14(18)10-16(9-13)21-6-2-5-20-15-4-1-3-12(7-15)11-19/h1,3-4,7-10H,2,5-6,11,19H2. The number of halogens is 2. The van der Waals surface area contributed by atoms with E-state index in [2.05, 4.69) is 0 Å². The van der Waals surface area contributed by atoms with Crippen LogP contribution >= 0.6 is 0 Å². The van der Waals surface area contributed by atoms with Crippen molar-refractivity contribution in [3.63, 3.8) is 0 Å². The maximum absolute atomic E-state index is 12.9. The largest absolute Gasteiger partial charge is 0.493 e. The van der Waals surface area contributed by atoms with Gasteiger partial charge in [0.1, 0.15) is 23.1 Å². The Balaban J connectivity index is 1.72. The Labute approximate surface area is 122 Å². The van der Waals surface area contributed by atoms with E-state index in [9.17, 15) is 8.78 Å². The molecule has 21 heavy (non-hydrogen) atoms. The third-order valence-corrected chi connectivity index (χ3v) is 2.80. The molecule has 0 aromatic heterocycles. The van der Waals surface area contributed by atoms with Crippen molar-refractivity contribution in [1.82, 2.24) is 0 Å². The van der Waals surface area contributed by atoms with Crippen molar-refractivity contribution in [3.8, 4) is 11.5 Å². The van der Waals surface area contributed by atoms with E-state index in [4.69, 9.17) is 15.2 Å². The predicted molar refractivity (Wildman–Crippen MR) is 76.3 cm³/mol. The van der Waals surface area contributed by atoms with Gasteiger partial charge in [-0.05, 0) is 17.7 Å². The van der Waals surface area contributed by atoms with Crippen LogP contribution in [-0.2, 0) is 6.54 Å². The SMILES string of the molecule is NCc1cccc(OCCCOc2cc(F)cc(F)c2)c1. The summed E-state index contributed by atoms with van der Waals surface area (Å²) in [5.74, 6) is -0.382. The number of ether oxygens (including phenoxy) is 2. The second-order valence-corrected chi connectivity index (χ2v) is 4.51. The van der Waals surface area contributed by atoms with Crippen molar-refractivity contribution < 1.29 is 18.3 Å². The van der Waals surface area contributed by atoms with Crippen LogP contribution in [0.2, 0.25) is 0 Å². The average molecular weight is 293 g/mol. The van der Waals surface area contributed by atoms with Gasteiger partial charge in [0.25, 0.3) is 0 Å². The lowest BCUT2D eigenvalue weighted by Gasteiger charge is -2.09. The summed E-state index contributed by atoms with van der Waals surface area (Å²) in [6.45, 7) is 1.23. The third kappa shape index (κ3) is 5.04. The lowest BCUT2D eigenvalue weighted by atomic mass is 10.2. The lowest BCUT2D eigenvalue weighted by Crippen LogP contribution is -2.05. The minimum absolute atomic E-state index is 0.178. The number of nitrogens with two attached hydrogens (primary N) is 1. The fraction of sp³-hybridized carbons (Fsp3) is 0.250. The van der Waals surface area contributed by atoms with Crippen molar-refractivity contribution in [3.05, 3.63) is 59.7 Å². The zero-order valence-electron chi connectivity index (χ0n) is 11.5. The molecule has 0 saturated carbocycles. The van der Waals surface area contributed by atoms with Crippen molar-refractivity contribution in [2.75, 3.05) is 13.2 Å². The van der Waals surface area contributed by atoms with Crippen molar-refractivity contribution >= 4 is 0 Å². The molecule has 0 spiro atoms. The molecule has 3 nitrogen and oxygen atoms in total. The normalized spacial score (nSPS) is 10.4. The van der Waals surface area contributed by atoms with Gasteiger partial charge in [-0.25, -0.2) is 8.78 Å². The van der Waals surface area contributed by atoms with Gasteiger partial charge >= 0.3 is 0 Å². The van der Waals surface area contributed by atoms with Crippen LogP contribution in [0, 0.1) is 11.6 Å². The highest BCUT2D eigenvalue weighted by atomic mass is 19.1. The van der Waals surface area contributed by atoms with E-state index in [1.165, 1.54) is 0 Å². The first-order valence-corrected chi connectivity index (χ1v) is 6.68. The van der Waals surface area contributed by atoms with Crippen molar-refractivity contribution in [1.29, 1.82) is 0 Å². The highest BCUT2D eigenvalue weighted by Gasteiger charge is 2.01. The van der Waals surface area contributed by atoms with Crippen LogP contribution in [0.5, 0.6) is 11.5 Å². The molecule has 0 aliphatic rings. The molecule has 0 radical (unpaired) electrons. The Morgan fingerprint density at radius 1 is 0.857 bits per heavy atom. The molecule has 2 N–H and O–H groups in total. The smallest absolute Gasteiger partial charge is 0.129 e. The monoisotopic (exact) mass is 293 g/mol. The lowest BCUT2D eigenvalue weighted by molar-refractivity contribution is 0.246. The minimum Gasteiger partial charge on any atom is -0.493 e. The van der Waals surface area contributed by atoms with Gasteiger partial charge in [0.2, 0.25) is 0 Å². The molecule has 2 aromatic carbocycles. The first-order chi connectivity index (χ1) is 10.2. The molecule has 0 aliphatic carbocycles. The Morgan fingerprint density at radius 3 is 2.19 bits per heavy atom. The molecule has 0 bridgehead atoms. The quantitative estimate of drug-likeness (QED) is 0.797. The number of rotatable bonds is 7. The van der Waals surface area contributed by atoms with Crippen LogP contribution in [0.15, 0.2) is 42.5 Å². The van der Waals surface area contributed by atoms with Crippen LogP contribution in [0.4, 0.5) is 8.78 Å². The highest BCUT2D eigenvalue weighted by molar-refractivity contribution is 5.28. The van der Waals surface area contributed by atoms with Gasteiger partial charge in [0.15, 0.2) is 0 Å². The number of benzene rings is 2.